The lowest BCUT2D eigenvalue weighted by atomic mass is 9.98. The van der Waals surface area contributed by atoms with Crippen molar-refractivity contribution in [2.45, 2.75) is 44.5 Å². The summed E-state index contributed by atoms with van der Waals surface area (Å²) >= 11 is 0.818. The van der Waals surface area contributed by atoms with E-state index in [1.54, 1.807) is 12.1 Å². The molecular formula is C21H24N4O3S2. The van der Waals surface area contributed by atoms with Crippen LogP contribution >= 0.6 is 11.3 Å². The van der Waals surface area contributed by atoms with Gasteiger partial charge in [-0.25, -0.2) is 13.1 Å². The molecule has 7 nitrogen and oxygen atoms in total. The average molecular weight is 445 g/mol. The first-order chi connectivity index (χ1) is 14.2. The fourth-order valence-corrected chi connectivity index (χ4v) is 5.39. The molecule has 0 aliphatic heterocycles. The van der Waals surface area contributed by atoms with E-state index in [1.165, 1.54) is 0 Å². The van der Waals surface area contributed by atoms with E-state index < -0.39 is 10.0 Å². The third-order valence-electron chi connectivity index (χ3n) is 4.75. The first-order valence-electron chi connectivity index (χ1n) is 9.51. The Balaban J connectivity index is 1.78. The maximum absolute atomic E-state index is 12.9. The van der Waals surface area contributed by atoms with Gasteiger partial charge >= 0.3 is 0 Å². The second-order valence-electron chi connectivity index (χ2n) is 7.08. The SMILES string of the molecule is CCC(NS(=O)(=O)c1nnc(NC(=O)c2ccccc2C)s1)c1ccc(C)cc1C. The summed E-state index contributed by atoms with van der Waals surface area (Å²) in [6.07, 6.45) is 0.582. The minimum atomic E-state index is -3.89. The number of benzene rings is 2. The van der Waals surface area contributed by atoms with Crippen LogP contribution in [-0.4, -0.2) is 24.5 Å². The molecule has 1 atom stereocenters. The van der Waals surface area contributed by atoms with Crippen LogP contribution in [0.3, 0.4) is 0 Å². The number of hydrogen-bond acceptors (Lipinski definition) is 6. The van der Waals surface area contributed by atoms with Crippen molar-refractivity contribution in [1.82, 2.24) is 14.9 Å². The van der Waals surface area contributed by atoms with Crippen LogP contribution in [0.1, 0.15) is 52.0 Å². The molecule has 0 aliphatic carbocycles. The smallest absolute Gasteiger partial charge is 0.270 e. The van der Waals surface area contributed by atoms with Crippen molar-refractivity contribution in [2.24, 2.45) is 0 Å². The zero-order chi connectivity index (χ0) is 21.9. The van der Waals surface area contributed by atoms with Crippen LogP contribution in [0.5, 0.6) is 0 Å². The Bertz CT molecular complexity index is 1170. The average Bonchev–Trinajstić information content (AvgIpc) is 3.16. The Kier molecular flexibility index (Phi) is 6.64. The highest BCUT2D eigenvalue weighted by Gasteiger charge is 2.26. The standard InChI is InChI=1S/C21H24N4O3S2/c1-5-18(16-11-10-13(2)12-15(16)4)25-30(27,28)21-24-23-20(29-21)22-19(26)17-9-7-6-8-14(17)3/h6-12,18,25H,5H2,1-4H3,(H,22,23,26). The number of aromatic nitrogens is 2. The summed E-state index contributed by atoms with van der Waals surface area (Å²) in [5.74, 6) is -0.358. The number of amides is 1. The summed E-state index contributed by atoms with van der Waals surface area (Å²) in [6.45, 7) is 7.70. The lowest BCUT2D eigenvalue weighted by Crippen LogP contribution is -2.28. The number of anilines is 1. The quantitative estimate of drug-likeness (QED) is 0.533. The van der Waals surface area contributed by atoms with E-state index in [0.717, 1.165) is 33.6 Å². The van der Waals surface area contributed by atoms with Gasteiger partial charge in [0.2, 0.25) is 9.47 Å². The molecule has 1 aromatic heterocycles. The topological polar surface area (TPSA) is 101 Å². The van der Waals surface area contributed by atoms with Crippen molar-refractivity contribution in [3.63, 3.8) is 0 Å². The minimum absolute atomic E-state index is 0.128. The molecule has 158 valence electrons. The van der Waals surface area contributed by atoms with Gasteiger partial charge in [0.25, 0.3) is 15.9 Å². The van der Waals surface area contributed by atoms with Gasteiger partial charge in [-0.1, -0.05) is 60.2 Å². The summed E-state index contributed by atoms with van der Waals surface area (Å²) in [6, 6.07) is 12.7. The van der Waals surface area contributed by atoms with Gasteiger partial charge in [0, 0.05) is 11.6 Å². The number of sulfonamides is 1. The fraction of sp³-hybridized carbons (Fsp3) is 0.286. The molecule has 30 heavy (non-hydrogen) atoms. The van der Waals surface area contributed by atoms with Gasteiger partial charge in [-0.15, -0.1) is 10.2 Å². The molecule has 0 bridgehead atoms. The highest BCUT2D eigenvalue weighted by atomic mass is 32.2. The number of rotatable bonds is 7. The van der Waals surface area contributed by atoms with Gasteiger partial charge in [0.05, 0.1) is 0 Å². The molecule has 2 aromatic carbocycles. The minimum Gasteiger partial charge on any atom is -0.296 e. The lowest BCUT2D eigenvalue weighted by Gasteiger charge is -2.19. The van der Waals surface area contributed by atoms with Gasteiger partial charge in [-0.3, -0.25) is 10.1 Å². The number of carbonyl (C=O) groups excluding carboxylic acids is 1. The number of carbonyl (C=O) groups is 1. The molecule has 0 radical (unpaired) electrons. The van der Waals surface area contributed by atoms with Crippen LogP contribution in [-0.2, 0) is 10.0 Å². The van der Waals surface area contributed by atoms with Crippen molar-refractivity contribution < 1.29 is 13.2 Å². The monoisotopic (exact) mass is 444 g/mol. The maximum Gasteiger partial charge on any atom is 0.270 e. The summed E-state index contributed by atoms with van der Waals surface area (Å²) in [5, 5.41) is 10.4. The van der Waals surface area contributed by atoms with E-state index in [0.29, 0.717) is 12.0 Å². The molecule has 1 heterocycles. The van der Waals surface area contributed by atoms with E-state index in [1.807, 2.05) is 58.0 Å². The Morgan fingerprint density at radius 1 is 1.07 bits per heavy atom. The van der Waals surface area contributed by atoms with E-state index in [9.17, 15) is 13.2 Å². The largest absolute Gasteiger partial charge is 0.296 e. The Morgan fingerprint density at radius 2 is 1.80 bits per heavy atom. The zero-order valence-corrected chi connectivity index (χ0v) is 18.9. The van der Waals surface area contributed by atoms with Crippen LogP contribution in [0, 0.1) is 20.8 Å². The normalized spacial score (nSPS) is 12.5. The summed E-state index contributed by atoms with van der Waals surface area (Å²) in [5.41, 5.74) is 4.37. The molecule has 0 spiro atoms. The lowest BCUT2D eigenvalue weighted by molar-refractivity contribution is 0.102. The summed E-state index contributed by atoms with van der Waals surface area (Å²) in [7, 11) is -3.89. The van der Waals surface area contributed by atoms with Crippen LogP contribution in [0.4, 0.5) is 5.13 Å². The van der Waals surface area contributed by atoms with Gasteiger partial charge in [0.1, 0.15) is 0 Å². The van der Waals surface area contributed by atoms with Crippen molar-refractivity contribution >= 4 is 32.4 Å². The zero-order valence-electron chi connectivity index (χ0n) is 17.3. The molecule has 2 N–H and O–H groups in total. The molecule has 0 saturated carbocycles. The van der Waals surface area contributed by atoms with Crippen LogP contribution in [0.2, 0.25) is 0 Å². The molecule has 3 rings (SSSR count). The number of nitrogens with one attached hydrogen (secondary N) is 2. The first kappa shape index (κ1) is 22.1. The fourth-order valence-electron chi connectivity index (χ4n) is 3.18. The van der Waals surface area contributed by atoms with Crippen LogP contribution in [0.15, 0.2) is 46.8 Å². The van der Waals surface area contributed by atoms with Gasteiger partial charge in [-0.05, 0) is 49.9 Å². The van der Waals surface area contributed by atoms with Crippen molar-refractivity contribution in [2.75, 3.05) is 5.32 Å². The van der Waals surface area contributed by atoms with E-state index in [4.69, 9.17) is 0 Å². The first-order valence-corrected chi connectivity index (χ1v) is 11.8. The van der Waals surface area contributed by atoms with E-state index >= 15 is 0 Å². The van der Waals surface area contributed by atoms with Gasteiger partial charge in [0.15, 0.2) is 0 Å². The molecule has 0 fully saturated rings. The van der Waals surface area contributed by atoms with E-state index in [2.05, 4.69) is 20.2 Å². The van der Waals surface area contributed by atoms with Gasteiger partial charge < -0.3 is 0 Å². The molecule has 1 unspecified atom stereocenters. The molecule has 0 aliphatic rings. The number of nitrogens with zero attached hydrogens (tertiary/aromatic N) is 2. The highest BCUT2D eigenvalue weighted by molar-refractivity contribution is 7.91. The Labute approximate surface area is 180 Å². The summed E-state index contributed by atoms with van der Waals surface area (Å²) in [4.78, 5) is 12.4. The van der Waals surface area contributed by atoms with Gasteiger partial charge in [-0.2, -0.15) is 0 Å². The van der Waals surface area contributed by atoms with E-state index in [-0.39, 0.29) is 21.4 Å². The summed E-state index contributed by atoms with van der Waals surface area (Å²) < 4.78 is 28.2. The van der Waals surface area contributed by atoms with Crippen molar-refractivity contribution in [1.29, 1.82) is 0 Å². The highest BCUT2D eigenvalue weighted by Crippen LogP contribution is 2.26. The van der Waals surface area contributed by atoms with Crippen LogP contribution in [0.25, 0.3) is 0 Å². The second kappa shape index (κ2) is 9.03. The molecular weight excluding hydrogens is 420 g/mol. The van der Waals surface area contributed by atoms with Crippen molar-refractivity contribution in [3.8, 4) is 0 Å². The third kappa shape index (κ3) is 4.92. The second-order valence-corrected chi connectivity index (χ2v) is 9.95. The Hall–Kier alpha value is -2.62. The van der Waals surface area contributed by atoms with Crippen molar-refractivity contribution in [3.05, 3.63) is 70.3 Å². The molecule has 0 saturated heterocycles. The Morgan fingerprint density at radius 3 is 2.47 bits per heavy atom. The third-order valence-corrected chi connectivity index (χ3v) is 7.43. The predicted molar refractivity (Wildman–Crippen MR) is 118 cm³/mol. The number of hydrogen-bond donors (Lipinski definition) is 2. The molecule has 3 aromatic rings. The number of aryl methyl sites for hydroxylation is 3. The molecule has 1 amide bonds. The maximum atomic E-state index is 12.9. The van der Waals surface area contributed by atoms with Crippen LogP contribution < -0.4 is 10.0 Å². The predicted octanol–water partition coefficient (Wildman–Crippen LogP) is 4.15. The molecule has 9 heteroatoms.